The summed E-state index contributed by atoms with van der Waals surface area (Å²) in [4.78, 5) is 23.3. The molecule has 0 N–H and O–H groups in total. The molecule has 0 aromatic heterocycles. The van der Waals surface area contributed by atoms with Gasteiger partial charge in [0, 0.05) is 5.92 Å². The number of carbonyl (C=O) groups excluding carboxylic acids is 2. The van der Waals surface area contributed by atoms with E-state index in [1.165, 1.54) is 0 Å². The number of carbonyl (C=O) groups is 2. The summed E-state index contributed by atoms with van der Waals surface area (Å²) in [6.07, 6.45) is 3.70. The van der Waals surface area contributed by atoms with E-state index in [1.807, 2.05) is 0 Å². The van der Waals surface area contributed by atoms with Crippen molar-refractivity contribution in [3.8, 4) is 0 Å². The maximum atomic E-state index is 11.9. The van der Waals surface area contributed by atoms with E-state index >= 15 is 0 Å². The summed E-state index contributed by atoms with van der Waals surface area (Å²) >= 11 is 0. The van der Waals surface area contributed by atoms with Gasteiger partial charge in [0.1, 0.15) is 5.60 Å². The molecular weight excluding hydrogens is 208 g/mol. The average molecular weight is 224 g/mol. The van der Waals surface area contributed by atoms with Crippen molar-refractivity contribution in [2.45, 2.75) is 38.2 Å². The molecule has 88 valence electrons. The minimum Gasteiger partial charge on any atom is -0.466 e. The van der Waals surface area contributed by atoms with E-state index in [2.05, 4.69) is 0 Å². The SMILES string of the molecule is CCOC(=O)[C@@H]1CC[C@@H]2C(=O)O[C@@]21C1CC1. The fourth-order valence-electron chi connectivity index (χ4n) is 3.39. The minimum absolute atomic E-state index is 0.0330. The molecular formula is C12H16O4. The molecule has 0 spiro atoms. The Hall–Kier alpha value is -1.06. The maximum absolute atomic E-state index is 11.9. The molecule has 0 radical (unpaired) electrons. The van der Waals surface area contributed by atoms with Crippen LogP contribution in [0.15, 0.2) is 0 Å². The van der Waals surface area contributed by atoms with Crippen molar-refractivity contribution in [3.05, 3.63) is 0 Å². The average Bonchev–Trinajstić information content (AvgIpc) is 3.02. The summed E-state index contributed by atoms with van der Waals surface area (Å²) in [5, 5.41) is 0. The van der Waals surface area contributed by atoms with Gasteiger partial charge < -0.3 is 9.47 Å². The van der Waals surface area contributed by atoms with Crippen LogP contribution >= 0.6 is 0 Å². The van der Waals surface area contributed by atoms with Gasteiger partial charge in [-0.15, -0.1) is 0 Å². The molecule has 1 saturated heterocycles. The molecule has 3 aliphatic rings. The first kappa shape index (κ1) is 10.1. The molecule has 4 heteroatoms. The predicted molar refractivity (Wildman–Crippen MR) is 54.4 cm³/mol. The topological polar surface area (TPSA) is 52.6 Å². The van der Waals surface area contributed by atoms with Crippen LogP contribution in [-0.4, -0.2) is 24.1 Å². The quantitative estimate of drug-likeness (QED) is 0.678. The zero-order valence-electron chi connectivity index (χ0n) is 9.40. The normalized spacial score (nSPS) is 40.9. The molecule has 0 amide bonds. The first-order chi connectivity index (χ1) is 7.70. The van der Waals surface area contributed by atoms with Crippen molar-refractivity contribution >= 4 is 11.9 Å². The molecule has 2 aliphatic carbocycles. The Bertz CT molecular complexity index is 347. The van der Waals surface area contributed by atoms with Crippen LogP contribution in [0.1, 0.15) is 32.6 Å². The third-order valence-electron chi connectivity index (χ3n) is 4.18. The lowest BCUT2D eigenvalue weighted by Gasteiger charge is -2.46. The first-order valence-corrected chi connectivity index (χ1v) is 6.09. The summed E-state index contributed by atoms with van der Waals surface area (Å²) in [6.45, 7) is 2.20. The largest absolute Gasteiger partial charge is 0.466 e. The van der Waals surface area contributed by atoms with Gasteiger partial charge in [-0.25, -0.2) is 0 Å². The highest BCUT2D eigenvalue weighted by atomic mass is 16.6. The third-order valence-corrected chi connectivity index (χ3v) is 4.18. The van der Waals surface area contributed by atoms with E-state index in [-0.39, 0.29) is 23.8 Å². The standard InChI is InChI=1S/C12H16O4/c1-2-15-10(13)8-5-6-9-11(14)16-12(8,9)7-3-4-7/h7-9H,2-6H2,1H3/t8-,9+,12+/m0/s1. The van der Waals surface area contributed by atoms with E-state index in [0.29, 0.717) is 12.5 Å². The Kier molecular flexibility index (Phi) is 2.03. The molecule has 1 heterocycles. The van der Waals surface area contributed by atoms with Crippen LogP contribution < -0.4 is 0 Å². The zero-order chi connectivity index (χ0) is 11.3. The molecule has 0 aromatic rings. The van der Waals surface area contributed by atoms with Crippen LogP contribution in [0.3, 0.4) is 0 Å². The monoisotopic (exact) mass is 224 g/mol. The Labute approximate surface area is 94.3 Å². The van der Waals surface area contributed by atoms with Crippen molar-refractivity contribution < 1.29 is 19.1 Å². The van der Waals surface area contributed by atoms with Crippen LogP contribution in [0.2, 0.25) is 0 Å². The molecule has 0 bridgehead atoms. The van der Waals surface area contributed by atoms with E-state index in [0.717, 1.165) is 25.7 Å². The lowest BCUT2D eigenvalue weighted by Crippen LogP contribution is -2.61. The van der Waals surface area contributed by atoms with Gasteiger partial charge in [-0.3, -0.25) is 9.59 Å². The smallest absolute Gasteiger partial charge is 0.313 e. The molecule has 2 saturated carbocycles. The maximum Gasteiger partial charge on any atom is 0.313 e. The Morgan fingerprint density at radius 3 is 2.75 bits per heavy atom. The number of rotatable bonds is 3. The van der Waals surface area contributed by atoms with Crippen LogP contribution in [0.25, 0.3) is 0 Å². The minimum atomic E-state index is -0.469. The summed E-state index contributed by atoms with van der Waals surface area (Å²) in [7, 11) is 0. The van der Waals surface area contributed by atoms with Crippen LogP contribution in [0, 0.1) is 17.8 Å². The fourth-order valence-corrected chi connectivity index (χ4v) is 3.39. The van der Waals surface area contributed by atoms with Gasteiger partial charge in [0.05, 0.1) is 18.4 Å². The van der Waals surface area contributed by atoms with Gasteiger partial charge in [-0.2, -0.15) is 0 Å². The van der Waals surface area contributed by atoms with E-state index in [9.17, 15) is 9.59 Å². The molecule has 1 aliphatic heterocycles. The first-order valence-electron chi connectivity index (χ1n) is 6.09. The number of esters is 2. The highest BCUT2D eigenvalue weighted by molar-refractivity contribution is 5.86. The second-order valence-electron chi connectivity index (χ2n) is 4.98. The van der Waals surface area contributed by atoms with Crippen LogP contribution in [0.5, 0.6) is 0 Å². The number of ether oxygens (including phenoxy) is 2. The van der Waals surface area contributed by atoms with Crippen molar-refractivity contribution in [2.24, 2.45) is 17.8 Å². The van der Waals surface area contributed by atoms with Crippen molar-refractivity contribution in [1.29, 1.82) is 0 Å². The number of fused-ring (bicyclic) bond motifs is 1. The molecule has 16 heavy (non-hydrogen) atoms. The van der Waals surface area contributed by atoms with Crippen molar-refractivity contribution in [1.82, 2.24) is 0 Å². The Balaban J connectivity index is 1.84. The van der Waals surface area contributed by atoms with Gasteiger partial charge in [-0.05, 0) is 32.6 Å². The highest BCUT2D eigenvalue weighted by Crippen LogP contribution is 2.62. The molecule has 0 aromatic carbocycles. The van der Waals surface area contributed by atoms with Crippen LogP contribution in [-0.2, 0) is 19.1 Å². The Morgan fingerprint density at radius 2 is 2.19 bits per heavy atom. The van der Waals surface area contributed by atoms with Crippen molar-refractivity contribution in [2.75, 3.05) is 6.61 Å². The van der Waals surface area contributed by atoms with Crippen LogP contribution in [0.4, 0.5) is 0 Å². The lowest BCUT2D eigenvalue weighted by atomic mass is 9.75. The number of hydrogen-bond acceptors (Lipinski definition) is 4. The molecule has 3 fully saturated rings. The summed E-state index contributed by atoms with van der Waals surface area (Å²) in [5.41, 5.74) is -0.469. The van der Waals surface area contributed by atoms with Crippen molar-refractivity contribution in [3.63, 3.8) is 0 Å². The second kappa shape index (κ2) is 3.22. The lowest BCUT2D eigenvalue weighted by molar-refractivity contribution is -0.223. The van der Waals surface area contributed by atoms with Gasteiger partial charge in [0.15, 0.2) is 0 Å². The third kappa shape index (κ3) is 1.10. The predicted octanol–water partition coefficient (Wildman–Crippen LogP) is 1.28. The zero-order valence-corrected chi connectivity index (χ0v) is 9.40. The van der Waals surface area contributed by atoms with Gasteiger partial charge >= 0.3 is 11.9 Å². The Morgan fingerprint density at radius 1 is 1.44 bits per heavy atom. The van der Waals surface area contributed by atoms with E-state index in [1.54, 1.807) is 6.92 Å². The molecule has 3 atom stereocenters. The van der Waals surface area contributed by atoms with Gasteiger partial charge in [-0.1, -0.05) is 0 Å². The van der Waals surface area contributed by atoms with Gasteiger partial charge in [0.2, 0.25) is 0 Å². The highest BCUT2D eigenvalue weighted by Gasteiger charge is 2.72. The summed E-state index contributed by atoms with van der Waals surface area (Å²) < 4.78 is 10.5. The second-order valence-corrected chi connectivity index (χ2v) is 4.98. The van der Waals surface area contributed by atoms with E-state index < -0.39 is 5.60 Å². The van der Waals surface area contributed by atoms with Gasteiger partial charge in [0.25, 0.3) is 0 Å². The number of hydrogen-bond donors (Lipinski definition) is 0. The molecule has 0 unspecified atom stereocenters. The summed E-state index contributed by atoms with van der Waals surface area (Å²) in [5.74, 6) is -0.118. The molecule has 4 nitrogen and oxygen atoms in total. The van der Waals surface area contributed by atoms with E-state index in [4.69, 9.17) is 9.47 Å². The summed E-state index contributed by atoms with van der Waals surface area (Å²) in [6, 6.07) is 0. The fraction of sp³-hybridized carbons (Fsp3) is 0.833. The molecule has 3 rings (SSSR count).